The molecule has 4 aromatic rings. The fourth-order valence-corrected chi connectivity index (χ4v) is 5.48. The van der Waals surface area contributed by atoms with Crippen LogP contribution in [-0.2, 0) is 30.4 Å². The second-order valence-corrected chi connectivity index (χ2v) is 12.5. The predicted octanol–water partition coefficient (Wildman–Crippen LogP) is 4.81. The molecule has 0 aromatic heterocycles. The lowest BCUT2D eigenvalue weighted by Crippen LogP contribution is -2.02. The Balaban J connectivity index is 1.79. The Morgan fingerprint density at radius 3 is 1.81 bits per heavy atom. The van der Waals surface area contributed by atoms with Gasteiger partial charge in [-0.1, -0.05) is 12.1 Å². The molecule has 0 spiro atoms. The van der Waals surface area contributed by atoms with Gasteiger partial charge in [0.05, 0.1) is 21.8 Å². The summed E-state index contributed by atoms with van der Waals surface area (Å²) < 4.78 is 98.3. The predicted molar refractivity (Wildman–Crippen MR) is 143 cm³/mol. The van der Waals surface area contributed by atoms with Gasteiger partial charge in [0.2, 0.25) is 0 Å². The quantitative estimate of drug-likeness (QED) is 0.129. The second kappa shape index (κ2) is 11.0. The van der Waals surface area contributed by atoms with Gasteiger partial charge < -0.3 is 10.2 Å². The minimum atomic E-state index is -5.09. The Bertz CT molecular complexity index is 2150. The molecule has 0 radical (unpaired) electrons. The van der Waals surface area contributed by atoms with Gasteiger partial charge in [-0.15, -0.1) is 10.2 Å². The lowest BCUT2D eigenvalue weighted by atomic mass is 10.1. The molecule has 0 fully saturated rings. The van der Waals surface area contributed by atoms with E-state index >= 15 is 0 Å². The van der Waals surface area contributed by atoms with E-state index in [1.54, 1.807) is 0 Å². The van der Waals surface area contributed by atoms with Crippen LogP contribution in [0.5, 0.6) is 5.75 Å². The Kier molecular flexibility index (Phi) is 7.91. The molecule has 0 heterocycles. The van der Waals surface area contributed by atoms with Crippen molar-refractivity contribution in [2.24, 2.45) is 20.5 Å². The Labute approximate surface area is 236 Å². The summed E-state index contributed by atoms with van der Waals surface area (Å²) in [6.45, 7) is 0. The largest absolute Gasteiger partial charge is 0.505 e. The number of nitrogens with zero attached hydrogens (tertiary/aromatic N) is 4. The van der Waals surface area contributed by atoms with Crippen molar-refractivity contribution >= 4 is 69.8 Å². The van der Waals surface area contributed by atoms with Crippen LogP contribution < -0.4 is 0 Å². The molecule has 5 N–H and O–H groups in total. The standard InChI is InChI=1S/C23H16N4O12S3/c28-22-20-12(2-1-3-18(20)41(34,35)36)10-19(42(37,38)39)21(22)27-26-17-9-6-14(11-16(17)23(29)30)25-24-13-4-7-15(8-5-13)40(31,32)33/h1-11,28H,(H,29,30)(H,31,32,33)(H,34,35,36)(H,37,38,39)/b25-24+,27-26+. The van der Waals surface area contributed by atoms with Crippen LogP contribution in [0.3, 0.4) is 0 Å². The van der Waals surface area contributed by atoms with Crippen molar-refractivity contribution in [1.29, 1.82) is 0 Å². The van der Waals surface area contributed by atoms with Gasteiger partial charge in [-0.05, 0) is 60.0 Å². The maximum atomic E-state index is 12.0. The number of carbonyl (C=O) groups is 1. The van der Waals surface area contributed by atoms with Gasteiger partial charge in [0.1, 0.15) is 21.2 Å². The van der Waals surface area contributed by atoms with Gasteiger partial charge in [-0.25, -0.2) is 4.79 Å². The molecular weight excluding hydrogens is 620 g/mol. The molecule has 0 atom stereocenters. The minimum Gasteiger partial charge on any atom is -0.505 e. The van der Waals surface area contributed by atoms with E-state index in [1.165, 1.54) is 24.3 Å². The Hall–Kier alpha value is -4.66. The lowest BCUT2D eigenvalue weighted by Gasteiger charge is -2.11. The highest BCUT2D eigenvalue weighted by atomic mass is 32.2. The summed E-state index contributed by atoms with van der Waals surface area (Å²) in [6, 6.07) is 12.0. The molecule has 0 aliphatic carbocycles. The van der Waals surface area contributed by atoms with Crippen molar-refractivity contribution in [2.45, 2.75) is 14.7 Å². The van der Waals surface area contributed by atoms with Crippen molar-refractivity contribution in [3.63, 3.8) is 0 Å². The van der Waals surface area contributed by atoms with Gasteiger partial charge in [0.25, 0.3) is 30.4 Å². The number of benzene rings is 4. The van der Waals surface area contributed by atoms with Crippen LogP contribution in [-0.4, -0.2) is 55.1 Å². The number of hydrogen-bond acceptors (Lipinski definition) is 12. The molecule has 19 heteroatoms. The zero-order chi connectivity index (χ0) is 31.0. The number of phenolic OH excluding ortho intramolecular Hbond substituents is 1. The minimum absolute atomic E-state index is 0.0184. The summed E-state index contributed by atoms with van der Waals surface area (Å²) in [4.78, 5) is 9.70. The van der Waals surface area contributed by atoms with E-state index in [2.05, 4.69) is 20.5 Å². The van der Waals surface area contributed by atoms with E-state index in [4.69, 9.17) is 4.55 Å². The first-order valence-corrected chi connectivity index (χ1v) is 15.3. The fraction of sp³-hybridized carbons (Fsp3) is 0. The normalized spacial score (nSPS) is 12.8. The van der Waals surface area contributed by atoms with Crippen molar-refractivity contribution in [3.05, 3.63) is 72.3 Å². The molecule has 16 nitrogen and oxygen atoms in total. The van der Waals surface area contributed by atoms with Crippen LogP contribution in [0.2, 0.25) is 0 Å². The van der Waals surface area contributed by atoms with E-state index in [9.17, 15) is 49.4 Å². The maximum Gasteiger partial charge on any atom is 0.338 e. The smallest absolute Gasteiger partial charge is 0.338 e. The van der Waals surface area contributed by atoms with Gasteiger partial charge in [-0.2, -0.15) is 35.5 Å². The van der Waals surface area contributed by atoms with Crippen LogP contribution >= 0.6 is 0 Å². The first-order valence-electron chi connectivity index (χ1n) is 11.0. The zero-order valence-corrected chi connectivity index (χ0v) is 22.9. The molecule has 4 aromatic carbocycles. The summed E-state index contributed by atoms with van der Waals surface area (Å²) in [5.74, 6) is -2.63. The molecule has 0 amide bonds. The summed E-state index contributed by atoms with van der Waals surface area (Å²) >= 11 is 0. The summed E-state index contributed by atoms with van der Waals surface area (Å²) in [6.07, 6.45) is 0. The van der Waals surface area contributed by atoms with Gasteiger partial charge in [0, 0.05) is 5.39 Å². The maximum absolute atomic E-state index is 12.0. The molecule has 0 unspecified atom stereocenters. The Morgan fingerprint density at radius 2 is 1.24 bits per heavy atom. The molecule has 0 aliphatic rings. The number of azo groups is 2. The van der Waals surface area contributed by atoms with Crippen LogP contribution in [0, 0.1) is 0 Å². The number of hydrogen-bond donors (Lipinski definition) is 5. The van der Waals surface area contributed by atoms with E-state index in [0.29, 0.717) is 0 Å². The molecule has 218 valence electrons. The van der Waals surface area contributed by atoms with Crippen molar-refractivity contribution in [1.82, 2.24) is 0 Å². The SMILES string of the molecule is O=C(O)c1cc(/N=N/c2ccc(S(=O)(=O)O)cc2)ccc1/N=N/c1c(S(=O)(=O)O)cc2cccc(S(=O)(=O)O)c2c1O. The average Bonchev–Trinajstić information content (AvgIpc) is 2.89. The molecule has 0 aliphatic heterocycles. The van der Waals surface area contributed by atoms with E-state index in [-0.39, 0.29) is 27.3 Å². The number of aromatic carboxylic acids is 1. The highest BCUT2D eigenvalue weighted by Gasteiger charge is 2.26. The van der Waals surface area contributed by atoms with Crippen LogP contribution in [0.25, 0.3) is 10.8 Å². The van der Waals surface area contributed by atoms with Gasteiger partial charge >= 0.3 is 5.97 Å². The third-order valence-electron chi connectivity index (χ3n) is 5.48. The van der Waals surface area contributed by atoms with E-state index < -0.39 is 68.5 Å². The first kappa shape index (κ1) is 30.3. The summed E-state index contributed by atoms with van der Waals surface area (Å²) in [5, 5.41) is 34.6. The Morgan fingerprint density at radius 1 is 0.643 bits per heavy atom. The van der Waals surface area contributed by atoms with Crippen LogP contribution in [0.1, 0.15) is 10.4 Å². The van der Waals surface area contributed by atoms with E-state index in [0.717, 1.165) is 42.5 Å². The first-order chi connectivity index (χ1) is 19.5. The van der Waals surface area contributed by atoms with Crippen molar-refractivity contribution in [3.8, 4) is 5.75 Å². The van der Waals surface area contributed by atoms with Crippen LogP contribution in [0.15, 0.2) is 102 Å². The number of phenols is 1. The molecule has 0 saturated heterocycles. The van der Waals surface area contributed by atoms with Crippen LogP contribution in [0.4, 0.5) is 22.7 Å². The molecule has 0 saturated carbocycles. The zero-order valence-electron chi connectivity index (χ0n) is 20.5. The third kappa shape index (κ3) is 6.46. The fourth-order valence-electron chi connectivity index (χ4n) is 3.62. The number of rotatable bonds is 8. The highest BCUT2D eigenvalue weighted by molar-refractivity contribution is 7.86. The van der Waals surface area contributed by atoms with Crippen molar-refractivity contribution in [2.75, 3.05) is 0 Å². The number of fused-ring (bicyclic) bond motifs is 1. The number of aromatic hydroxyl groups is 1. The summed E-state index contributed by atoms with van der Waals surface area (Å²) in [5.41, 5.74) is -1.73. The molecule has 42 heavy (non-hydrogen) atoms. The molecular formula is C23H16N4O12S3. The monoisotopic (exact) mass is 636 g/mol. The highest BCUT2D eigenvalue weighted by Crippen LogP contribution is 2.44. The summed E-state index contributed by atoms with van der Waals surface area (Å²) in [7, 11) is -14.4. The van der Waals surface area contributed by atoms with E-state index in [1.807, 2.05) is 0 Å². The number of carboxylic acids is 1. The lowest BCUT2D eigenvalue weighted by molar-refractivity contribution is 0.0697. The van der Waals surface area contributed by atoms with Gasteiger partial charge in [-0.3, -0.25) is 13.7 Å². The average molecular weight is 637 g/mol. The molecule has 0 bridgehead atoms. The topological polar surface area (TPSA) is 270 Å². The number of carboxylic acid groups (broad SMARTS) is 1. The van der Waals surface area contributed by atoms with Gasteiger partial charge in [0.15, 0.2) is 5.75 Å². The third-order valence-corrected chi connectivity index (χ3v) is 8.11. The van der Waals surface area contributed by atoms with Crippen molar-refractivity contribution < 1.29 is 53.9 Å². The second-order valence-electron chi connectivity index (χ2n) is 8.25. The molecule has 4 rings (SSSR count).